The summed E-state index contributed by atoms with van der Waals surface area (Å²) in [6.45, 7) is 21.8. The van der Waals surface area contributed by atoms with Gasteiger partial charge in [0, 0.05) is 31.4 Å². The number of esters is 5. The van der Waals surface area contributed by atoms with Gasteiger partial charge < -0.3 is 67.1 Å². The molecule has 0 bridgehead atoms. The summed E-state index contributed by atoms with van der Waals surface area (Å²) in [6, 6.07) is 53.9. The van der Waals surface area contributed by atoms with Gasteiger partial charge in [-0.3, -0.25) is 0 Å². The summed E-state index contributed by atoms with van der Waals surface area (Å²) in [7, 11) is 0. The fourth-order valence-corrected chi connectivity index (χ4v) is 11.3. The molecule has 0 saturated carbocycles. The Kier molecular flexibility index (Phi) is 36.1. The molecule has 2 N–H and O–H groups in total. The molecule has 0 unspecified atom stereocenters. The molecule has 11 rings (SSSR count). The fourth-order valence-electron chi connectivity index (χ4n) is 11.3. The molecule has 0 amide bonds. The van der Waals surface area contributed by atoms with Gasteiger partial charge in [0.1, 0.15) is 51.7 Å². The van der Waals surface area contributed by atoms with E-state index in [1.165, 1.54) is 37.3 Å². The minimum Gasteiger partial charge on any atom is -0.508 e. The van der Waals surface area contributed by atoms with Crippen molar-refractivity contribution in [3.05, 3.63) is 261 Å². The van der Waals surface area contributed by atoms with E-state index < -0.39 is 23.9 Å². The molecule has 10 aromatic rings. The van der Waals surface area contributed by atoms with Crippen LogP contribution in [0.2, 0.25) is 0 Å². The lowest BCUT2D eigenvalue weighted by atomic mass is 10.1. The van der Waals surface area contributed by atoms with Crippen LogP contribution in [-0.2, 0) is 46.2 Å². The molecule has 20 nitrogen and oxygen atoms in total. The standard InChI is InChI=1S/C43H44O9.C23H20O5.C20H22O5.C4H8O.CH4/c1-4-11-35-28-40(51-30-50-39-19-16-33-26-38(49-29-46-6-3)18-15-34(33)27-39)20-21-41(35)52-43(45)36-13-12-32-25-37(17-14-31(32)24-36)47-22-9-7-8-10-23-48-42(44)5-2;1-3-5-17-13-19(24)9-11-21(17)28-23(26)18-7-6-16-14-20(27-22(25)4-2)10-8-15(16)12-18;1-2-19(21)25-12-6-4-3-5-11-24-18-10-9-15-13-17(20(22)23)8-7-16(15)14-18;1-2-4-5-3-1;/h5-6,12-21,24-28H,2-4,7-11,22-23,29-30H2,1H3;4,6-14,24H,2-3,5H2,1H3;2,7-10,13-14H,1,3-6,11-12H2,(H,22,23);1-4H2;1H4. The Hall–Kier alpha value is -12.4. The lowest BCUT2D eigenvalue weighted by molar-refractivity contribution is -0.138. The van der Waals surface area contributed by atoms with Gasteiger partial charge in [-0.05, 0) is 265 Å². The van der Waals surface area contributed by atoms with Gasteiger partial charge in [-0.15, -0.1) is 0 Å². The van der Waals surface area contributed by atoms with Crippen LogP contribution in [0.5, 0.6) is 51.7 Å². The summed E-state index contributed by atoms with van der Waals surface area (Å²) < 4.78 is 65.4. The van der Waals surface area contributed by atoms with Crippen molar-refractivity contribution in [2.45, 2.75) is 111 Å². The largest absolute Gasteiger partial charge is 0.508 e. The van der Waals surface area contributed by atoms with E-state index in [0.717, 1.165) is 149 Å². The van der Waals surface area contributed by atoms with E-state index in [1.807, 2.05) is 97.9 Å². The predicted octanol–water partition coefficient (Wildman–Crippen LogP) is 20.2. The molecule has 1 aliphatic heterocycles. The van der Waals surface area contributed by atoms with Crippen LogP contribution in [0.4, 0.5) is 0 Å². The van der Waals surface area contributed by atoms with Crippen LogP contribution in [0.1, 0.15) is 141 Å². The maximum Gasteiger partial charge on any atom is 0.343 e. The SMILES string of the molecule is C.C1CCOC1.C=CC(=O)OCCCCCCOc1ccc2cc(C(=O)O)ccc2c1.C=CC(=O)Oc1ccc2cc(C(=O)Oc3ccc(O)cc3CCC)ccc2c1.C=COCOc1ccc2cc(OCOc3ccc(OC(=O)c4ccc5cc(OCCCCCCOC(=O)C=C)ccc5c4)c(CCC)c3)ccc2c1. The lowest BCUT2D eigenvalue weighted by Gasteiger charge is -2.14. The minimum atomic E-state index is -0.929. The van der Waals surface area contributed by atoms with Crippen molar-refractivity contribution in [3.8, 4) is 51.7 Å². The first-order valence-corrected chi connectivity index (χ1v) is 36.7. The molecule has 0 atom stereocenters. The van der Waals surface area contributed by atoms with Crippen LogP contribution in [0.25, 0.3) is 43.1 Å². The molecule has 1 heterocycles. The monoisotopic (exact) mass is 1510 g/mol. The van der Waals surface area contributed by atoms with Crippen molar-refractivity contribution in [1.29, 1.82) is 0 Å². The second kappa shape index (κ2) is 46.7. The van der Waals surface area contributed by atoms with Crippen molar-refractivity contribution in [2.24, 2.45) is 0 Å². The van der Waals surface area contributed by atoms with Crippen molar-refractivity contribution >= 4 is 78.9 Å². The lowest BCUT2D eigenvalue weighted by Crippen LogP contribution is -2.10. The highest BCUT2D eigenvalue weighted by atomic mass is 16.7. The average molecular weight is 1510 g/mol. The summed E-state index contributed by atoms with van der Waals surface area (Å²) in [5, 5.41) is 26.0. The number of phenols is 1. The number of hydrogen-bond donors (Lipinski definition) is 2. The average Bonchev–Trinajstić information content (AvgIpc) is 1.37. The molecule has 582 valence electrons. The minimum absolute atomic E-state index is 0. The van der Waals surface area contributed by atoms with E-state index in [1.54, 1.807) is 84.9 Å². The van der Waals surface area contributed by atoms with Gasteiger partial charge in [0.05, 0.1) is 49.4 Å². The Labute approximate surface area is 648 Å². The maximum atomic E-state index is 13.2. The molecule has 10 aromatic carbocycles. The second-order valence-electron chi connectivity index (χ2n) is 25.2. The highest BCUT2D eigenvalue weighted by molar-refractivity contribution is 5.99. The highest BCUT2D eigenvalue weighted by Gasteiger charge is 2.17. The zero-order valence-corrected chi connectivity index (χ0v) is 62.3. The number of rotatable bonds is 37. The number of carboxylic acids is 1. The maximum absolute atomic E-state index is 13.2. The van der Waals surface area contributed by atoms with E-state index in [2.05, 4.69) is 33.2 Å². The van der Waals surface area contributed by atoms with Gasteiger partial charge in [-0.1, -0.05) is 109 Å². The molecule has 1 saturated heterocycles. The van der Waals surface area contributed by atoms with Gasteiger partial charge in [-0.2, -0.15) is 0 Å². The highest BCUT2D eigenvalue weighted by Crippen LogP contribution is 2.32. The van der Waals surface area contributed by atoms with Crippen LogP contribution in [0.3, 0.4) is 0 Å². The topological polar surface area (TPSA) is 254 Å². The summed E-state index contributed by atoms with van der Waals surface area (Å²) in [4.78, 5) is 70.1. The van der Waals surface area contributed by atoms with E-state index in [-0.39, 0.29) is 44.3 Å². The van der Waals surface area contributed by atoms with Crippen LogP contribution < -0.4 is 37.9 Å². The molecular formula is C91H98O20. The first kappa shape index (κ1) is 85.8. The Balaban J connectivity index is 0.000000243. The number of aromatic carboxylic acids is 1. The Morgan fingerprint density at radius 3 is 1.17 bits per heavy atom. The Morgan fingerprint density at radius 1 is 0.387 bits per heavy atom. The number of fused-ring (bicyclic) bond motifs is 4. The number of hydrogen-bond acceptors (Lipinski definition) is 19. The third-order valence-electron chi connectivity index (χ3n) is 17.0. The fraction of sp³-hybridized carbons (Fsp3) is 0.275. The Bertz CT molecular complexity index is 4760. The van der Waals surface area contributed by atoms with Crippen molar-refractivity contribution in [3.63, 3.8) is 0 Å². The number of phenolic OH excluding ortho intramolecular Hbond substituents is 1. The molecule has 0 aromatic heterocycles. The van der Waals surface area contributed by atoms with E-state index in [4.69, 9.17) is 61.9 Å². The van der Waals surface area contributed by atoms with Gasteiger partial charge in [0.15, 0.2) is 0 Å². The smallest absolute Gasteiger partial charge is 0.343 e. The number of aryl methyl sites for hydroxylation is 2. The molecule has 0 spiro atoms. The van der Waals surface area contributed by atoms with Crippen LogP contribution in [-0.4, -0.2) is 99.3 Å². The first-order chi connectivity index (χ1) is 53.5. The number of unbranched alkanes of at least 4 members (excludes halogenated alkanes) is 6. The van der Waals surface area contributed by atoms with Gasteiger partial charge in [0.2, 0.25) is 13.6 Å². The molecule has 1 aliphatic rings. The van der Waals surface area contributed by atoms with E-state index in [9.17, 15) is 33.9 Å². The summed E-state index contributed by atoms with van der Waals surface area (Å²) in [5.41, 5.74) is 2.79. The second-order valence-corrected chi connectivity index (χ2v) is 25.2. The zero-order chi connectivity index (χ0) is 78.2. The molecule has 0 radical (unpaired) electrons. The molecule has 20 heteroatoms. The summed E-state index contributed by atoms with van der Waals surface area (Å²) in [5.74, 6) is 1.87. The van der Waals surface area contributed by atoms with Gasteiger partial charge in [0.25, 0.3) is 0 Å². The van der Waals surface area contributed by atoms with E-state index in [0.29, 0.717) is 84.9 Å². The third kappa shape index (κ3) is 28.9. The molecular weight excluding hydrogens is 1410 g/mol. The normalized spacial score (nSPS) is 11.1. The zero-order valence-electron chi connectivity index (χ0n) is 62.3. The quantitative estimate of drug-likeness (QED) is 0.00916. The van der Waals surface area contributed by atoms with Crippen molar-refractivity contribution < 1.29 is 95.8 Å². The van der Waals surface area contributed by atoms with Crippen LogP contribution in [0, 0.1) is 0 Å². The molecule has 1 fully saturated rings. The van der Waals surface area contributed by atoms with Crippen molar-refractivity contribution in [1.82, 2.24) is 0 Å². The number of benzene rings is 10. The predicted molar refractivity (Wildman–Crippen MR) is 431 cm³/mol. The number of ether oxygens (including phenoxy) is 12. The number of aromatic hydroxyl groups is 1. The van der Waals surface area contributed by atoms with Crippen molar-refractivity contribution in [2.75, 3.05) is 53.2 Å². The number of carbonyl (C=O) groups excluding carboxylic acids is 5. The van der Waals surface area contributed by atoms with E-state index >= 15 is 0 Å². The van der Waals surface area contributed by atoms with Crippen LogP contribution >= 0.6 is 0 Å². The summed E-state index contributed by atoms with van der Waals surface area (Å²) >= 11 is 0. The third-order valence-corrected chi connectivity index (χ3v) is 17.0. The number of carbonyl (C=O) groups is 6. The van der Waals surface area contributed by atoms with Gasteiger partial charge in [-0.25, -0.2) is 28.8 Å². The number of carboxylic acid groups (broad SMARTS) is 1. The molecule has 111 heavy (non-hydrogen) atoms. The van der Waals surface area contributed by atoms with Crippen LogP contribution in [0.15, 0.2) is 233 Å². The summed E-state index contributed by atoms with van der Waals surface area (Å²) in [6.07, 6.45) is 17.8. The Morgan fingerprint density at radius 2 is 0.748 bits per heavy atom. The van der Waals surface area contributed by atoms with Gasteiger partial charge >= 0.3 is 35.8 Å². The first-order valence-electron chi connectivity index (χ1n) is 36.7. The molecule has 0 aliphatic carbocycles.